The summed E-state index contributed by atoms with van der Waals surface area (Å²) in [6.45, 7) is 3.64. The molecule has 0 aliphatic carbocycles. The standard InChI is InChI=1S/C11H15ClN2O2S/c1-8(17-2)6-13-7-9-3-4-10(14(15)16)5-11(9)12/h3-5,8,13H,6-7H2,1-2H3. The first-order valence-electron chi connectivity index (χ1n) is 5.21. The van der Waals surface area contributed by atoms with E-state index in [1.54, 1.807) is 17.8 Å². The Morgan fingerprint density at radius 3 is 2.82 bits per heavy atom. The van der Waals surface area contributed by atoms with Gasteiger partial charge < -0.3 is 5.32 Å². The van der Waals surface area contributed by atoms with Gasteiger partial charge in [0.25, 0.3) is 5.69 Å². The Morgan fingerprint density at radius 2 is 2.29 bits per heavy atom. The average Bonchev–Trinajstić information content (AvgIpc) is 2.30. The molecule has 6 heteroatoms. The third-order valence-electron chi connectivity index (χ3n) is 2.40. The van der Waals surface area contributed by atoms with Gasteiger partial charge >= 0.3 is 0 Å². The van der Waals surface area contributed by atoms with Gasteiger partial charge in [0.1, 0.15) is 0 Å². The van der Waals surface area contributed by atoms with Gasteiger partial charge in [0, 0.05) is 30.5 Å². The van der Waals surface area contributed by atoms with Crippen molar-refractivity contribution in [2.75, 3.05) is 12.8 Å². The zero-order chi connectivity index (χ0) is 12.8. The summed E-state index contributed by atoms with van der Waals surface area (Å²) in [5.41, 5.74) is 0.904. The van der Waals surface area contributed by atoms with Gasteiger partial charge in [-0.05, 0) is 17.9 Å². The van der Waals surface area contributed by atoms with Crippen molar-refractivity contribution in [1.29, 1.82) is 0 Å². The molecule has 0 spiro atoms. The molecule has 17 heavy (non-hydrogen) atoms. The minimum atomic E-state index is -0.446. The van der Waals surface area contributed by atoms with Crippen LogP contribution in [0.2, 0.25) is 5.02 Å². The zero-order valence-corrected chi connectivity index (χ0v) is 11.3. The van der Waals surface area contributed by atoms with Gasteiger partial charge in [0.05, 0.1) is 9.95 Å². The Hall–Kier alpha value is -0.780. The third-order valence-corrected chi connectivity index (χ3v) is 3.72. The number of thioether (sulfide) groups is 1. The van der Waals surface area contributed by atoms with Gasteiger partial charge in [-0.1, -0.05) is 18.5 Å². The van der Waals surface area contributed by atoms with Crippen molar-refractivity contribution < 1.29 is 4.92 Å². The predicted molar refractivity (Wildman–Crippen MR) is 72.8 cm³/mol. The molecule has 0 fully saturated rings. The van der Waals surface area contributed by atoms with Crippen molar-refractivity contribution >= 4 is 29.1 Å². The number of nitro groups is 1. The smallest absolute Gasteiger partial charge is 0.270 e. The predicted octanol–water partition coefficient (Wildman–Crippen LogP) is 3.09. The van der Waals surface area contributed by atoms with E-state index >= 15 is 0 Å². The Kier molecular flexibility index (Phi) is 5.74. The molecule has 1 unspecified atom stereocenters. The van der Waals surface area contributed by atoms with Gasteiger partial charge in [0.15, 0.2) is 0 Å². The highest BCUT2D eigenvalue weighted by Crippen LogP contribution is 2.22. The highest BCUT2D eigenvalue weighted by molar-refractivity contribution is 7.99. The maximum absolute atomic E-state index is 10.5. The molecule has 94 valence electrons. The van der Waals surface area contributed by atoms with Crippen LogP contribution in [0.5, 0.6) is 0 Å². The summed E-state index contributed by atoms with van der Waals surface area (Å²) < 4.78 is 0. The van der Waals surface area contributed by atoms with Crippen molar-refractivity contribution in [3.63, 3.8) is 0 Å². The lowest BCUT2D eigenvalue weighted by atomic mass is 10.2. The van der Waals surface area contributed by atoms with Crippen molar-refractivity contribution in [3.05, 3.63) is 38.9 Å². The number of non-ortho nitro benzene ring substituents is 1. The number of hydrogen-bond acceptors (Lipinski definition) is 4. The minimum Gasteiger partial charge on any atom is -0.312 e. The van der Waals surface area contributed by atoms with E-state index in [2.05, 4.69) is 18.5 Å². The van der Waals surface area contributed by atoms with Gasteiger partial charge in [-0.15, -0.1) is 0 Å². The topological polar surface area (TPSA) is 55.2 Å². The van der Waals surface area contributed by atoms with E-state index in [0.29, 0.717) is 16.8 Å². The van der Waals surface area contributed by atoms with Crippen LogP contribution in [0.4, 0.5) is 5.69 Å². The van der Waals surface area contributed by atoms with Gasteiger partial charge in [-0.25, -0.2) is 0 Å². The molecule has 0 amide bonds. The van der Waals surface area contributed by atoms with E-state index in [4.69, 9.17) is 11.6 Å². The molecule has 0 saturated carbocycles. The van der Waals surface area contributed by atoms with Crippen LogP contribution in [0, 0.1) is 10.1 Å². The first-order valence-corrected chi connectivity index (χ1v) is 6.87. The summed E-state index contributed by atoms with van der Waals surface area (Å²) in [6.07, 6.45) is 2.06. The fourth-order valence-electron chi connectivity index (χ4n) is 1.29. The Morgan fingerprint density at radius 1 is 1.59 bits per heavy atom. The summed E-state index contributed by atoms with van der Waals surface area (Å²) >= 11 is 7.76. The van der Waals surface area contributed by atoms with Crippen LogP contribution < -0.4 is 5.32 Å². The van der Waals surface area contributed by atoms with Crippen molar-refractivity contribution in [3.8, 4) is 0 Å². The minimum absolute atomic E-state index is 0.0243. The fraction of sp³-hybridized carbons (Fsp3) is 0.455. The number of hydrogen-bond donors (Lipinski definition) is 1. The molecule has 0 bridgehead atoms. The van der Waals surface area contributed by atoms with Gasteiger partial charge in [0.2, 0.25) is 0 Å². The molecule has 4 nitrogen and oxygen atoms in total. The lowest BCUT2D eigenvalue weighted by Crippen LogP contribution is -2.22. The van der Waals surface area contributed by atoms with E-state index < -0.39 is 4.92 Å². The van der Waals surface area contributed by atoms with E-state index in [9.17, 15) is 10.1 Å². The number of rotatable bonds is 6. The largest absolute Gasteiger partial charge is 0.312 e. The van der Waals surface area contributed by atoms with Crippen LogP contribution in [-0.2, 0) is 6.54 Å². The molecule has 0 aliphatic heterocycles. The molecule has 0 aromatic heterocycles. The number of nitrogens with one attached hydrogen (secondary N) is 1. The summed E-state index contributed by atoms with van der Waals surface area (Å²) in [4.78, 5) is 10.1. The lowest BCUT2D eigenvalue weighted by Gasteiger charge is -2.10. The SMILES string of the molecule is CSC(C)CNCc1ccc([N+](=O)[O-])cc1Cl. The van der Waals surface area contributed by atoms with Crippen LogP contribution in [0.25, 0.3) is 0 Å². The van der Waals surface area contributed by atoms with Crippen molar-refractivity contribution in [2.24, 2.45) is 0 Å². The molecule has 1 atom stereocenters. The number of halogens is 1. The van der Waals surface area contributed by atoms with E-state index in [-0.39, 0.29) is 5.69 Å². The second-order valence-electron chi connectivity index (χ2n) is 3.71. The van der Waals surface area contributed by atoms with Crippen molar-refractivity contribution in [2.45, 2.75) is 18.7 Å². The zero-order valence-electron chi connectivity index (χ0n) is 9.77. The number of nitro benzene ring substituents is 1. The molecular weight excluding hydrogens is 260 g/mol. The quantitative estimate of drug-likeness (QED) is 0.640. The molecular formula is C11H15ClN2O2S. The molecule has 0 aliphatic rings. The summed E-state index contributed by atoms with van der Waals surface area (Å²) in [7, 11) is 0. The van der Waals surface area contributed by atoms with Crippen LogP contribution in [0.15, 0.2) is 18.2 Å². The maximum Gasteiger partial charge on any atom is 0.270 e. The lowest BCUT2D eigenvalue weighted by molar-refractivity contribution is -0.384. The van der Waals surface area contributed by atoms with Crippen LogP contribution in [0.1, 0.15) is 12.5 Å². The molecule has 1 N–H and O–H groups in total. The van der Waals surface area contributed by atoms with Gasteiger partial charge in [-0.2, -0.15) is 11.8 Å². The highest BCUT2D eigenvalue weighted by Gasteiger charge is 2.09. The van der Waals surface area contributed by atoms with Crippen LogP contribution in [0.3, 0.4) is 0 Å². The second-order valence-corrected chi connectivity index (χ2v) is 5.39. The van der Waals surface area contributed by atoms with E-state index in [1.165, 1.54) is 12.1 Å². The first kappa shape index (κ1) is 14.3. The average molecular weight is 275 g/mol. The molecule has 1 rings (SSSR count). The highest BCUT2D eigenvalue weighted by atomic mass is 35.5. The summed E-state index contributed by atoms with van der Waals surface area (Å²) in [6, 6.07) is 4.55. The Bertz CT molecular complexity index is 401. The molecule has 1 aromatic rings. The molecule has 0 saturated heterocycles. The molecule has 0 radical (unpaired) electrons. The fourth-order valence-corrected chi connectivity index (χ4v) is 1.81. The number of nitrogens with zero attached hydrogens (tertiary/aromatic N) is 1. The monoisotopic (exact) mass is 274 g/mol. The van der Waals surface area contributed by atoms with Crippen LogP contribution in [-0.4, -0.2) is 23.0 Å². The van der Waals surface area contributed by atoms with Gasteiger partial charge in [-0.3, -0.25) is 10.1 Å². The first-order chi connectivity index (χ1) is 8.04. The number of benzene rings is 1. The van der Waals surface area contributed by atoms with E-state index in [1.807, 2.05) is 0 Å². The van der Waals surface area contributed by atoms with Crippen LogP contribution >= 0.6 is 23.4 Å². The Labute approximate surface area is 110 Å². The third kappa shape index (κ3) is 4.53. The second kappa shape index (κ2) is 6.83. The summed E-state index contributed by atoms with van der Waals surface area (Å²) in [5.74, 6) is 0. The van der Waals surface area contributed by atoms with Crippen molar-refractivity contribution in [1.82, 2.24) is 5.32 Å². The molecule has 0 heterocycles. The molecule has 1 aromatic carbocycles. The summed E-state index contributed by atoms with van der Waals surface area (Å²) in [5, 5.41) is 14.8. The van der Waals surface area contributed by atoms with E-state index in [0.717, 1.165) is 12.1 Å². The maximum atomic E-state index is 10.5. The Balaban J connectivity index is 2.57. The normalized spacial score (nSPS) is 12.4.